The molecule has 7 nitrogen and oxygen atoms in total. The first-order chi connectivity index (χ1) is 17.5. The standard InChI is InChI=1S/C29H37N3O4/c1-36-23-7-8-27-25(19-23)24(12-16-31-27)28(33)9-6-22-13-18-32(20-26(22)29(34)35)17-4-2-3-5-21-10-14-30-15-11-21/h7-8,10-12,14-16,19,22,26,28,33H,2-6,9,13,17-18,20H2,1H3,(H,34,35)/t22-,26+,28-/m1/s1. The number of fused-ring (bicyclic) bond motifs is 1. The van der Waals surface area contributed by atoms with Gasteiger partial charge < -0.3 is 19.8 Å². The van der Waals surface area contributed by atoms with E-state index in [2.05, 4.69) is 27.0 Å². The number of carboxylic acid groups (broad SMARTS) is 1. The Bertz CT molecular complexity index is 1120. The molecule has 0 aliphatic carbocycles. The average molecular weight is 492 g/mol. The number of methoxy groups -OCH3 is 1. The molecular formula is C29H37N3O4. The molecule has 1 fully saturated rings. The first-order valence-corrected chi connectivity index (χ1v) is 13.0. The van der Waals surface area contributed by atoms with Crippen LogP contribution in [0.2, 0.25) is 0 Å². The van der Waals surface area contributed by atoms with Crippen LogP contribution in [-0.4, -0.2) is 57.8 Å². The monoisotopic (exact) mass is 491 g/mol. The molecule has 1 aliphatic rings. The highest BCUT2D eigenvalue weighted by Crippen LogP contribution is 2.33. The number of hydrogen-bond acceptors (Lipinski definition) is 6. The molecule has 2 N–H and O–H groups in total. The summed E-state index contributed by atoms with van der Waals surface area (Å²) >= 11 is 0. The van der Waals surface area contributed by atoms with Gasteiger partial charge in [0.15, 0.2) is 0 Å². The second-order valence-corrected chi connectivity index (χ2v) is 9.84. The maximum atomic E-state index is 12.1. The van der Waals surface area contributed by atoms with E-state index >= 15 is 0 Å². The Morgan fingerprint density at radius 2 is 1.97 bits per heavy atom. The summed E-state index contributed by atoms with van der Waals surface area (Å²) in [7, 11) is 1.62. The predicted octanol–water partition coefficient (Wildman–Crippen LogP) is 4.89. The zero-order valence-electron chi connectivity index (χ0n) is 21.1. The van der Waals surface area contributed by atoms with E-state index in [1.165, 1.54) is 5.56 Å². The molecule has 0 saturated carbocycles. The molecule has 0 amide bonds. The van der Waals surface area contributed by atoms with Gasteiger partial charge in [0, 0.05) is 30.5 Å². The maximum absolute atomic E-state index is 12.1. The molecule has 0 unspecified atom stereocenters. The quantitative estimate of drug-likeness (QED) is 0.348. The van der Waals surface area contributed by atoms with Crippen molar-refractivity contribution in [2.24, 2.45) is 11.8 Å². The Kier molecular flexibility index (Phi) is 9.25. The summed E-state index contributed by atoms with van der Waals surface area (Å²) in [5, 5.41) is 21.8. The van der Waals surface area contributed by atoms with Gasteiger partial charge in [-0.1, -0.05) is 6.42 Å². The summed E-state index contributed by atoms with van der Waals surface area (Å²) < 4.78 is 5.34. The summed E-state index contributed by atoms with van der Waals surface area (Å²) in [5.74, 6) is -0.324. The van der Waals surface area contributed by atoms with Crippen molar-refractivity contribution in [3.8, 4) is 5.75 Å². The number of piperidine rings is 1. The van der Waals surface area contributed by atoms with Crippen molar-refractivity contribution in [3.05, 3.63) is 66.1 Å². The molecule has 4 rings (SSSR count). The Morgan fingerprint density at radius 1 is 1.14 bits per heavy atom. The van der Waals surface area contributed by atoms with Gasteiger partial charge in [-0.2, -0.15) is 0 Å². The topological polar surface area (TPSA) is 95.8 Å². The largest absolute Gasteiger partial charge is 0.497 e. The molecule has 0 radical (unpaired) electrons. The van der Waals surface area contributed by atoms with Crippen molar-refractivity contribution >= 4 is 16.9 Å². The zero-order chi connectivity index (χ0) is 25.3. The van der Waals surface area contributed by atoms with E-state index in [0.717, 1.165) is 67.4 Å². The fourth-order valence-electron chi connectivity index (χ4n) is 5.38. The number of aromatic nitrogens is 2. The third-order valence-electron chi connectivity index (χ3n) is 7.50. The molecule has 192 valence electrons. The highest BCUT2D eigenvalue weighted by atomic mass is 16.5. The number of carboxylic acids is 1. The maximum Gasteiger partial charge on any atom is 0.308 e. The van der Waals surface area contributed by atoms with Crippen LogP contribution in [-0.2, 0) is 11.2 Å². The summed E-state index contributed by atoms with van der Waals surface area (Å²) in [6.07, 6.45) is 11.2. The van der Waals surface area contributed by atoms with Crippen molar-refractivity contribution in [1.82, 2.24) is 14.9 Å². The molecule has 7 heteroatoms. The number of carbonyl (C=O) groups is 1. The Morgan fingerprint density at radius 3 is 2.75 bits per heavy atom. The SMILES string of the molecule is COc1ccc2nccc([C@H](O)CC[C@@H]3CCN(CCCCCc4ccncc4)C[C@@H]3C(=O)O)c2c1. The molecule has 1 aromatic carbocycles. The summed E-state index contributed by atoms with van der Waals surface area (Å²) in [4.78, 5) is 22.8. The highest BCUT2D eigenvalue weighted by Gasteiger charge is 2.34. The number of aliphatic hydroxyl groups is 1. The van der Waals surface area contributed by atoms with E-state index in [0.29, 0.717) is 19.4 Å². The number of aliphatic hydroxyl groups excluding tert-OH is 1. The minimum atomic E-state index is -0.726. The molecule has 3 heterocycles. The summed E-state index contributed by atoms with van der Waals surface area (Å²) in [5.41, 5.74) is 2.94. The smallest absolute Gasteiger partial charge is 0.308 e. The van der Waals surface area contributed by atoms with Crippen LogP contribution < -0.4 is 4.74 Å². The third kappa shape index (κ3) is 6.80. The number of hydrogen-bond donors (Lipinski definition) is 2. The predicted molar refractivity (Wildman–Crippen MR) is 140 cm³/mol. The van der Waals surface area contributed by atoms with Gasteiger partial charge in [-0.15, -0.1) is 0 Å². The fraction of sp³-hybridized carbons (Fsp3) is 0.483. The van der Waals surface area contributed by atoms with E-state index in [1.807, 2.05) is 36.7 Å². The van der Waals surface area contributed by atoms with Crippen LogP contribution in [0.5, 0.6) is 5.75 Å². The van der Waals surface area contributed by atoms with E-state index in [9.17, 15) is 15.0 Å². The van der Waals surface area contributed by atoms with Crippen LogP contribution in [0.3, 0.4) is 0 Å². The van der Waals surface area contributed by atoms with E-state index in [1.54, 1.807) is 13.3 Å². The van der Waals surface area contributed by atoms with E-state index in [4.69, 9.17) is 4.74 Å². The van der Waals surface area contributed by atoms with Gasteiger partial charge in [0.2, 0.25) is 0 Å². The first kappa shape index (κ1) is 26.0. The highest BCUT2D eigenvalue weighted by molar-refractivity contribution is 5.83. The molecule has 0 bridgehead atoms. The Balaban J connectivity index is 1.26. The first-order valence-electron chi connectivity index (χ1n) is 13.0. The van der Waals surface area contributed by atoms with Crippen molar-refractivity contribution in [1.29, 1.82) is 0 Å². The number of ether oxygens (including phenoxy) is 1. The molecule has 0 spiro atoms. The van der Waals surface area contributed by atoms with Gasteiger partial charge in [-0.25, -0.2) is 0 Å². The molecule has 2 aromatic heterocycles. The van der Waals surface area contributed by atoms with E-state index < -0.39 is 18.0 Å². The number of pyridine rings is 2. The van der Waals surface area contributed by atoms with Gasteiger partial charge in [0.05, 0.1) is 24.6 Å². The minimum absolute atomic E-state index is 0.0720. The Hall–Kier alpha value is -3.03. The number of aryl methyl sites for hydroxylation is 1. The second kappa shape index (κ2) is 12.8. The second-order valence-electron chi connectivity index (χ2n) is 9.84. The van der Waals surface area contributed by atoms with Crippen molar-refractivity contribution in [2.45, 2.75) is 51.0 Å². The lowest BCUT2D eigenvalue weighted by molar-refractivity contribution is -0.146. The number of benzene rings is 1. The van der Waals surface area contributed by atoms with Crippen LogP contribution in [0.4, 0.5) is 0 Å². The lowest BCUT2D eigenvalue weighted by Crippen LogP contribution is -2.44. The van der Waals surface area contributed by atoms with Gasteiger partial charge in [0.1, 0.15) is 5.75 Å². The summed E-state index contributed by atoms with van der Waals surface area (Å²) in [6.45, 7) is 2.46. The van der Waals surface area contributed by atoms with Crippen molar-refractivity contribution in [2.75, 3.05) is 26.7 Å². The van der Waals surface area contributed by atoms with Gasteiger partial charge in [-0.05, 0) is 105 Å². The van der Waals surface area contributed by atoms with Crippen LogP contribution in [0, 0.1) is 11.8 Å². The van der Waals surface area contributed by atoms with Crippen LogP contribution in [0.15, 0.2) is 55.0 Å². The normalized spacial score (nSPS) is 19.3. The van der Waals surface area contributed by atoms with Crippen LogP contribution in [0.1, 0.15) is 55.8 Å². The van der Waals surface area contributed by atoms with Crippen molar-refractivity contribution in [3.63, 3.8) is 0 Å². The summed E-state index contributed by atoms with van der Waals surface area (Å²) in [6, 6.07) is 11.6. The van der Waals surface area contributed by atoms with Crippen LogP contribution in [0.25, 0.3) is 10.9 Å². The number of rotatable bonds is 12. The van der Waals surface area contributed by atoms with Crippen LogP contribution >= 0.6 is 0 Å². The fourth-order valence-corrected chi connectivity index (χ4v) is 5.38. The van der Waals surface area contributed by atoms with Crippen molar-refractivity contribution < 1.29 is 19.7 Å². The minimum Gasteiger partial charge on any atom is -0.497 e. The van der Waals surface area contributed by atoms with E-state index in [-0.39, 0.29) is 5.92 Å². The number of aliphatic carboxylic acids is 1. The number of likely N-dealkylation sites (tertiary alicyclic amines) is 1. The molecule has 1 saturated heterocycles. The van der Waals surface area contributed by atoms with Gasteiger partial charge in [-0.3, -0.25) is 14.8 Å². The Labute approximate surface area is 213 Å². The molecule has 3 atom stereocenters. The molecule has 1 aliphatic heterocycles. The number of nitrogens with zero attached hydrogens (tertiary/aromatic N) is 3. The average Bonchev–Trinajstić information content (AvgIpc) is 2.91. The molecular weight excluding hydrogens is 454 g/mol. The zero-order valence-corrected chi connectivity index (χ0v) is 21.1. The lowest BCUT2D eigenvalue weighted by atomic mass is 9.81. The number of unbranched alkanes of at least 4 members (excludes halogenated alkanes) is 2. The lowest BCUT2D eigenvalue weighted by Gasteiger charge is -2.37. The molecule has 3 aromatic rings. The molecule has 36 heavy (non-hydrogen) atoms. The van der Waals surface area contributed by atoms with Gasteiger partial charge in [0.25, 0.3) is 0 Å². The van der Waals surface area contributed by atoms with Gasteiger partial charge >= 0.3 is 5.97 Å². The third-order valence-corrected chi connectivity index (χ3v) is 7.50.